The van der Waals surface area contributed by atoms with Crippen molar-refractivity contribution in [1.82, 2.24) is 14.9 Å². The standard InChI is InChI=1S/C25H29N3O2/c1-15(2)23-20-13-18(16-8-11-28(12-9-16)25(29)30)5-6-21(20)27-24(23)19-7-10-26-22(14-19)17-3-4-17/h5-7,10,13-17,27H,3-4,8-9,11-12H2,1-2H3,(H,29,30). The van der Waals surface area contributed by atoms with E-state index in [1.807, 2.05) is 6.20 Å². The lowest BCUT2D eigenvalue weighted by atomic mass is 9.87. The van der Waals surface area contributed by atoms with Gasteiger partial charge >= 0.3 is 6.09 Å². The van der Waals surface area contributed by atoms with Crippen molar-refractivity contribution < 1.29 is 9.90 Å². The number of aromatic amines is 1. The number of H-pyrrole nitrogens is 1. The number of likely N-dealkylation sites (tertiary alicyclic amines) is 1. The molecule has 0 radical (unpaired) electrons. The summed E-state index contributed by atoms with van der Waals surface area (Å²) in [6.45, 7) is 5.75. The van der Waals surface area contributed by atoms with Crippen LogP contribution in [0.15, 0.2) is 36.5 Å². The molecule has 1 aliphatic heterocycles. The molecule has 1 aromatic carbocycles. The van der Waals surface area contributed by atoms with E-state index in [0.29, 0.717) is 30.8 Å². The summed E-state index contributed by atoms with van der Waals surface area (Å²) >= 11 is 0. The van der Waals surface area contributed by atoms with Crippen LogP contribution in [0.2, 0.25) is 0 Å². The third-order valence-electron chi connectivity index (χ3n) is 6.74. The first-order valence-electron chi connectivity index (χ1n) is 11.1. The number of aromatic nitrogens is 2. The number of hydrogen-bond donors (Lipinski definition) is 2. The van der Waals surface area contributed by atoms with Crippen LogP contribution in [0.25, 0.3) is 22.2 Å². The quantitative estimate of drug-likeness (QED) is 0.554. The number of nitrogens with one attached hydrogen (secondary N) is 1. The summed E-state index contributed by atoms with van der Waals surface area (Å²) in [4.78, 5) is 21.0. The maximum absolute atomic E-state index is 11.2. The molecule has 156 valence electrons. The number of piperidine rings is 1. The lowest BCUT2D eigenvalue weighted by molar-refractivity contribution is 0.132. The van der Waals surface area contributed by atoms with Gasteiger partial charge in [-0.05, 0) is 72.9 Å². The molecular weight excluding hydrogens is 374 g/mol. The second-order valence-corrected chi connectivity index (χ2v) is 9.16. The van der Waals surface area contributed by atoms with Crippen LogP contribution < -0.4 is 0 Å². The SMILES string of the molecule is CC(C)c1c(-c2ccnc(C3CC3)c2)[nH]c2ccc(C3CCN(C(=O)O)CC3)cc12. The molecule has 1 saturated carbocycles. The molecule has 5 heteroatoms. The Morgan fingerprint density at radius 3 is 2.53 bits per heavy atom. The average Bonchev–Trinajstić information content (AvgIpc) is 3.53. The van der Waals surface area contributed by atoms with E-state index in [1.54, 1.807) is 0 Å². The van der Waals surface area contributed by atoms with Gasteiger partial charge in [-0.15, -0.1) is 0 Å². The predicted molar refractivity (Wildman–Crippen MR) is 119 cm³/mol. The molecule has 3 heterocycles. The number of rotatable bonds is 4. The van der Waals surface area contributed by atoms with Gasteiger partial charge < -0.3 is 15.0 Å². The molecule has 3 aromatic rings. The summed E-state index contributed by atoms with van der Waals surface area (Å²) in [6.07, 6.45) is 5.43. The molecule has 0 unspecified atom stereocenters. The highest BCUT2D eigenvalue weighted by Crippen LogP contribution is 2.42. The van der Waals surface area contributed by atoms with E-state index in [-0.39, 0.29) is 0 Å². The maximum atomic E-state index is 11.2. The molecule has 5 nitrogen and oxygen atoms in total. The number of carboxylic acid groups (broad SMARTS) is 1. The smallest absolute Gasteiger partial charge is 0.407 e. The summed E-state index contributed by atoms with van der Waals surface area (Å²) in [6, 6.07) is 11.1. The zero-order chi connectivity index (χ0) is 20.8. The van der Waals surface area contributed by atoms with Crippen LogP contribution in [0, 0.1) is 0 Å². The average molecular weight is 404 g/mol. The zero-order valence-corrected chi connectivity index (χ0v) is 17.7. The molecule has 2 aromatic heterocycles. The normalized spacial score (nSPS) is 17.8. The van der Waals surface area contributed by atoms with E-state index in [1.165, 1.54) is 56.7 Å². The Labute approximate surface area is 177 Å². The second kappa shape index (κ2) is 7.46. The van der Waals surface area contributed by atoms with Crippen molar-refractivity contribution >= 4 is 17.0 Å². The molecule has 1 amide bonds. The second-order valence-electron chi connectivity index (χ2n) is 9.16. The number of nitrogens with zero attached hydrogens (tertiary/aromatic N) is 2. The number of pyridine rings is 1. The minimum Gasteiger partial charge on any atom is -0.465 e. The van der Waals surface area contributed by atoms with Gasteiger partial charge in [-0.2, -0.15) is 0 Å². The summed E-state index contributed by atoms with van der Waals surface area (Å²) in [7, 11) is 0. The number of carbonyl (C=O) groups is 1. The molecule has 2 N–H and O–H groups in total. The van der Waals surface area contributed by atoms with Gasteiger partial charge in [-0.25, -0.2) is 4.79 Å². The summed E-state index contributed by atoms with van der Waals surface area (Å²) in [5.74, 6) is 1.46. The molecule has 0 atom stereocenters. The molecular formula is C25H29N3O2. The Hall–Kier alpha value is -2.82. The molecule has 2 fully saturated rings. The van der Waals surface area contributed by atoms with Gasteiger partial charge in [0.25, 0.3) is 0 Å². The van der Waals surface area contributed by atoms with Gasteiger partial charge in [-0.3, -0.25) is 4.98 Å². The van der Waals surface area contributed by atoms with Crippen LogP contribution in [0.3, 0.4) is 0 Å². The number of amides is 1. The van der Waals surface area contributed by atoms with Crippen molar-refractivity contribution in [2.45, 2.75) is 57.3 Å². The van der Waals surface area contributed by atoms with Gasteiger partial charge in [-0.1, -0.05) is 19.9 Å². The summed E-state index contributed by atoms with van der Waals surface area (Å²) in [5.41, 5.74) is 7.51. The van der Waals surface area contributed by atoms with E-state index < -0.39 is 6.09 Å². The highest BCUT2D eigenvalue weighted by molar-refractivity contribution is 5.92. The monoisotopic (exact) mass is 403 g/mol. The Bertz CT molecular complexity index is 1090. The Balaban J connectivity index is 1.52. The highest BCUT2D eigenvalue weighted by Gasteiger charge is 2.27. The molecule has 0 spiro atoms. The first-order chi connectivity index (χ1) is 14.5. The highest BCUT2D eigenvalue weighted by atomic mass is 16.4. The third kappa shape index (κ3) is 3.47. The molecule has 30 heavy (non-hydrogen) atoms. The first kappa shape index (κ1) is 19.2. The largest absolute Gasteiger partial charge is 0.465 e. The van der Waals surface area contributed by atoms with Crippen molar-refractivity contribution in [2.24, 2.45) is 0 Å². The van der Waals surface area contributed by atoms with Crippen molar-refractivity contribution in [3.05, 3.63) is 53.3 Å². The fraction of sp³-hybridized carbons (Fsp3) is 0.440. The zero-order valence-electron chi connectivity index (χ0n) is 17.7. The third-order valence-corrected chi connectivity index (χ3v) is 6.74. The van der Waals surface area contributed by atoms with Crippen molar-refractivity contribution in [3.8, 4) is 11.3 Å². The van der Waals surface area contributed by atoms with Crippen molar-refractivity contribution in [3.63, 3.8) is 0 Å². The summed E-state index contributed by atoms with van der Waals surface area (Å²) in [5, 5.41) is 10.5. The van der Waals surface area contributed by atoms with E-state index in [2.05, 4.69) is 54.1 Å². The number of fused-ring (bicyclic) bond motifs is 1. The van der Waals surface area contributed by atoms with Crippen LogP contribution >= 0.6 is 0 Å². The predicted octanol–water partition coefficient (Wildman–Crippen LogP) is 6.09. The van der Waals surface area contributed by atoms with Gasteiger partial charge in [0.05, 0.1) is 5.69 Å². The maximum Gasteiger partial charge on any atom is 0.407 e. The summed E-state index contributed by atoms with van der Waals surface area (Å²) < 4.78 is 0. The molecule has 2 aliphatic rings. The molecule has 1 saturated heterocycles. The van der Waals surface area contributed by atoms with Crippen LogP contribution in [0.5, 0.6) is 0 Å². The van der Waals surface area contributed by atoms with Crippen LogP contribution in [-0.4, -0.2) is 39.2 Å². The first-order valence-corrected chi connectivity index (χ1v) is 11.1. The van der Waals surface area contributed by atoms with Gasteiger partial charge in [0.2, 0.25) is 0 Å². The minimum absolute atomic E-state index is 0.399. The van der Waals surface area contributed by atoms with Crippen LogP contribution in [-0.2, 0) is 0 Å². The van der Waals surface area contributed by atoms with Crippen molar-refractivity contribution in [2.75, 3.05) is 13.1 Å². The Kier molecular flexibility index (Phi) is 4.76. The van der Waals surface area contributed by atoms with Gasteiger partial charge in [0.1, 0.15) is 0 Å². The molecule has 1 aliphatic carbocycles. The molecule has 0 bridgehead atoms. The van der Waals surface area contributed by atoms with Crippen LogP contribution in [0.1, 0.15) is 74.1 Å². The topological polar surface area (TPSA) is 69.2 Å². The van der Waals surface area contributed by atoms with E-state index in [0.717, 1.165) is 12.8 Å². The van der Waals surface area contributed by atoms with Gasteiger partial charge in [0.15, 0.2) is 0 Å². The van der Waals surface area contributed by atoms with Crippen LogP contribution in [0.4, 0.5) is 4.79 Å². The molecule has 5 rings (SSSR count). The fourth-order valence-electron chi connectivity index (χ4n) is 4.92. The Morgan fingerprint density at radius 2 is 1.87 bits per heavy atom. The number of hydrogen-bond acceptors (Lipinski definition) is 2. The van der Waals surface area contributed by atoms with E-state index in [4.69, 9.17) is 0 Å². The van der Waals surface area contributed by atoms with E-state index in [9.17, 15) is 9.90 Å². The fourth-order valence-corrected chi connectivity index (χ4v) is 4.92. The lowest BCUT2D eigenvalue weighted by Gasteiger charge is -2.30. The number of benzene rings is 1. The van der Waals surface area contributed by atoms with Gasteiger partial charge in [0, 0.05) is 47.4 Å². The van der Waals surface area contributed by atoms with Crippen molar-refractivity contribution in [1.29, 1.82) is 0 Å². The Morgan fingerprint density at radius 1 is 1.10 bits per heavy atom. The minimum atomic E-state index is -0.802. The lowest BCUT2D eigenvalue weighted by Crippen LogP contribution is -2.36. The van der Waals surface area contributed by atoms with E-state index >= 15 is 0 Å².